The quantitative estimate of drug-likeness (QED) is 0.671. The number of benzene rings is 2. The third kappa shape index (κ3) is 3.63. The molecule has 4 rings (SSSR count). The molecule has 30 heavy (non-hydrogen) atoms. The summed E-state index contributed by atoms with van der Waals surface area (Å²) in [6.45, 7) is 3.51. The van der Waals surface area contributed by atoms with Gasteiger partial charge in [0.2, 0.25) is 0 Å². The number of aromatic hydroxyl groups is 1. The maximum Gasteiger partial charge on any atom is 0.257 e. The highest BCUT2D eigenvalue weighted by Crippen LogP contribution is 2.37. The first-order chi connectivity index (χ1) is 14.5. The van der Waals surface area contributed by atoms with E-state index in [4.69, 9.17) is 4.42 Å². The molecule has 2 aromatic carbocycles. The number of phenols is 1. The Bertz CT molecular complexity index is 1100. The van der Waals surface area contributed by atoms with Gasteiger partial charge in [0.15, 0.2) is 0 Å². The summed E-state index contributed by atoms with van der Waals surface area (Å²) in [5.41, 5.74) is 1.22. The largest absolute Gasteiger partial charge is 0.507 e. The lowest BCUT2D eigenvalue weighted by molar-refractivity contribution is 0.0721. The van der Waals surface area contributed by atoms with Gasteiger partial charge in [0.05, 0.1) is 11.1 Å². The van der Waals surface area contributed by atoms with E-state index in [0.29, 0.717) is 36.2 Å². The Morgan fingerprint density at radius 3 is 2.50 bits per heavy atom. The molecule has 0 spiro atoms. The molecule has 7 heteroatoms. The van der Waals surface area contributed by atoms with E-state index in [1.54, 1.807) is 11.8 Å². The summed E-state index contributed by atoms with van der Waals surface area (Å²) in [7, 11) is 0. The van der Waals surface area contributed by atoms with Gasteiger partial charge >= 0.3 is 0 Å². The SMILES string of the molecule is CCNC(=O)c1c(-c2ccc(F)cc2)oc2cc(C(=O)N3CCCCC3)c(O)cc12. The predicted octanol–water partition coefficient (Wildman–Crippen LogP) is 4.32. The molecule has 2 N–H and O–H groups in total. The first-order valence-corrected chi connectivity index (χ1v) is 10.1. The van der Waals surface area contributed by atoms with Crippen LogP contribution in [0.5, 0.6) is 5.75 Å². The number of likely N-dealkylation sites (tertiary alicyclic amines) is 1. The van der Waals surface area contributed by atoms with Crippen LogP contribution in [0.15, 0.2) is 40.8 Å². The van der Waals surface area contributed by atoms with Gasteiger partial charge in [-0.25, -0.2) is 4.39 Å². The summed E-state index contributed by atoms with van der Waals surface area (Å²) in [6.07, 6.45) is 2.96. The maximum atomic E-state index is 13.4. The summed E-state index contributed by atoms with van der Waals surface area (Å²) in [5.74, 6) is -0.965. The van der Waals surface area contributed by atoms with Crippen LogP contribution in [-0.4, -0.2) is 41.5 Å². The summed E-state index contributed by atoms with van der Waals surface area (Å²) >= 11 is 0. The van der Waals surface area contributed by atoms with Crippen molar-refractivity contribution < 1.29 is 23.5 Å². The fourth-order valence-electron chi connectivity index (χ4n) is 3.85. The number of nitrogens with one attached hydrogen (secondary N) is 1. The molecule has 0 atom stereocenters. The molecule has 0 unspecified atom stereocenters. The molecule has 2 amide bonds. The second-order valence-electron chi connectivity index (χ2n) is 7.39. The normalized spacial score (nSPS) is 14.1. The number of carbonyl (C=O) groups is 2. The summed E-state index contributed by atoms with van der Waals surface area (Å²) in [6, 6.07) is 8.50. The van der Waals surface area contributed by atoms with Crippen LogP contribution < -0.4 is 5.32 Å². The number of nitrogens with zero attached hydrogens (tertiary/aromatic N) is 1. The lowest BCUT2D eigenvalue weighted by Gasteiger charge is -2.26. The van der Waals surface area contributed by atoms with E-state index in [0.717, 1.165) is 19.3 Å². The van der Waals surface area contributed by atoms with E-state index < -0.39 is 5.82 Å². The van der Waals surface area contributed by atoms with E-state index in [9.17, 15) is 19.1 Å². The number of furan rings is 1. The first-order valence-electron chi connectivity index (χ1n) is 10.1. The number of rotatable bonds is 4. The third-order valence-electron chi connectivity index (χ3n) is 5.35. The van der Waals surface area contributed by atoms with E-state index in [2.05, 4.69) is 5.32 Å². The van der Waals surface area contributed by atoms with Crippen molar-refractivity contribution in [2.75, 3.05) is 19.6 Å². The Balaban J connectivity index is 1.85. The lowest BCUT2D eigenvalue weighted by atomic mass is 10.0. The smallest absolute Gasteiger partial charge is 0.257 e. The van der Waals surface area contributed by atoms with Crippen LogP contribution in [0, 0.1) is 5.82 Å². The number of amides is 2. The molecule has 6 nitrogen and oxygen atoms in total. The minimum Gasteiger partial charge on any atom is -0.507 e. The van der Waals surface area contributed by atoms with Crippen molar-refractivity contribution in [3.05, 3.63) is 53.3 Å². The summed E-state index contributed by atoms with van der Waals surface area (Å²) in [5, 5.41) is 13.7. The summed E-state index contributed by atoms with van der Waals surface area (Å²) in [4.78, 5) is 27.4. The van der Waals surface area contributed by atoms with Crippen molar-refractivity contribution in [2.24, 2.45) is 0 Å². The molecule has 1 aromatic heterocycles. The molecule has 1 aliphatic heterocycles. The Hall–Kier alpha value is -3.35. The Morgan fingerprint density at radius 2 is 1.83 bits per heavy atom. The highest BCUT2D eigenvalue weighted by Gasteiger charge is 2.26. The number of halogens is 1. The highest BCUT2D eigenvalue weighted by atomic mass is 19.1. The van der Waals surface area contributed by atoms with E-state index in [1.165, 1.54) is 36.4 Å². The zero-order valence-corrected chi connectivity index (χ0v) is 16.7. The fourth-order valence-corrected chi connectivity index (χ4v) is 3.85. The van der Waals surface area contributed by atoms with Crippen LogP contribution in [0.3, 0.4) is 0 Å². The molecule has 0 saturated carbocycles. The molecule has 156 valence electrons. The number of phenolic OH excluding ortho intramolecular Hbond substituents is 1. The van der Waals surface area contributed by atoms with Crippen LogP contribution in [0.4, 0.5) is 4.39 Å². The average molecular weight is 410 g/mol. The van der Waals surface area contributed by atoms with Gasteiger partial charge in [-0.05, 0) is 62.6 Å². The molecule has 0 aliphatic carbocycles. The minimum atomic E-state index is -0.401. The van der Waals surface area contributed by atoms with Crippen LogP contribution in [0.1, 0.15) is 46.9 Å². The van der Waals surface area contributed by atoms with Crippen molar-refractivity contribution >= 4 is 22.8 Å². The molecule has 3 aromatic rings. The zero-order chi connectivity index (χ0) is 21.3. The number of hydrogen-bond acceptors (Lipinski definition) is 4. The highest BCUT2D eigenvalue weighted by molar-refractivity contribution is 6.13. The fraction of sp³-hybridized carbons (Fsp3) is 0.304. The standard InChI is InChI=1S/C23H23FN2O4/c1-2-25-22(28)20-17-12-18(27)16(23(29)26-10-4-3-5-11-26)13-19(17)30-21(20)14-6-8-15(24)9-7-14/h6-9,12-13,27H,2-5,10-11H2,1H3,(H,25,28). The van der Waals surface area contributed by atoms with Crippen LogP contribution in [-0.2, 0) is 0 Å². The zero-order valence-electron chi connectivity index (χ0n) is 16.7. The molecule has 0 radical (unpaired) electrons. The van der Waals surface area contributed by atoms with Gasteiger partial charge in [0.25, 0.3) is 11.8 Å². The van der Waals surface area contributed by atoms with Crippen molar-refractivity contribution in [3.63, 3.8) is 0 Å². The molecule has 1 aliphatic rings. The van der Waals surface area contributed by atoms with Gasteiger partial charge in [-0.2, -0.15) is 0 Å². The monoisotopic (exact) mass is 410 g/mol. The van der Waals surface area contributed by atoms with Crippen LogP contribution >= 0.6 is 0 Å². The summed E-state index contributed by atoms with van der Waals surface area (Å²) < 4.78 is 19.3. The van der Waals surface area contributed by atoms with Gasteiger partial charge < -0.3 is 19.7 Å². The van der Waals surface area contributed by atoms with Gasteiger partial charge in [0.1, 0.15) is 22.9 Å². The first kappa shape index (κ1) is 19.9. The van der Waals surface area contributed by atoms with Gasteiger partial charge in [-0.15, -0.1) is 0 Å². The molecule has 1 saturated heterocycles. The van der Waals surface area contributed by atoms with Crippen molar-refractivity contribution in [2.45, 2.75) is 26.2 Å². The Morgan fingerprint density at radius 1 is 1.13 bits per heavy atom. The van der Waals surface area contributed by atoms with Gasteiger partial charge in [0, 0.05) is 30.6 Å². The third-order valence-corrected chi connectivity index (χ3v) is 5.35. The van der Waals surface area contributed by atoms with Gasteiger partial charge in [-0.3, -0.25) is 9.59 Å². The van der Waals surface area contributed by atoms with Crippen molar-refractivity contribution in [1.82, 2.24) is 10.2 Å². The molecular weight excluding hydrogens is 387 g/mol. The van der Waals surface area contributed by atoms with Crippen molar-refractivity contribution in [1.29, 1.82) is 0 Å². The lowest BCUT2D eigenvalue weighted by Crippen LogP contribution is -2.35. The van der Waals surface area contributed by atoms with E-state index in [1.807, 2.05) is 0 Å². The minimum absolute atomic E-state index is 0.145. The van der Waals surface area contributed by atoms with Gasteiger partial charge in [-0.1, -0.05) is 0 Å². The Kier molecular flexibility index (Phi) is 5.44. The second kappa shape index (κ2) is 8.18. The predicted molar refractivity (Wildman–Crippen MR) is 111 cm³/mol. The number of fused-ring (bicyclic) bond motifs is 1. The topological polar surface area (TPSA) is 82.8 Å². The number of carbonyl (C=O) groups excluding carboxylic acids is 2. The molecular formula is C23H23FN2O4. The number of piperidine rings is 1. The molecule has 1 fully saturated rings. The molecule has 2 heterocycles. The average Bonchev–Trinajstić information content (AvgIpc) is 3.12. The van der Waals surface area contributed by atoms with Crippen LogP contribution in [0.2, 0.25) is 0 Å². The Labute approximate surface area is 173 Å². The van der Waals surface area contributed by atoms with Crippen LogP contribution in [0.25, 0.3) is 22.3 Å². The van der Waals surface area contributed by atoms with Crippen molar-refractivity contribution in [3.8, 4) is 17.1 Å². The maximum absolute atomic E-state index is 13.4. The van der Waals surface area contributed by atoms with E-state index >= 15 is 0 Å². The number of hydrogen-bond donors (Lipinski definition) is 2. The second-order valence-corrected chi connectivity index (χ2v) is 7.39. The van der Waals surface area contributed by atoms with E-state index in [-0.39, 0.29) is 34.5 Å². The molecule has 0 bridgehead atoms.